The Morgan fingerprint density at radius 3 is 1.76 bits per heavy atom. The molecule has 0 aliphatic carbocycles. The lowest BCUT2D eigenvalue weighted by atomic mass is 10.0. The van der Waals surface area contributed by atoms with Crippen LogP contribution in [0.25, 0.3) is 77.5 Å². The standard InChI is InChI=1S/C47H30N2O2/c1-3-10-31(11-4-1)33-18-23-37(24-19-33)49(39-27-20-32-12-7-8-15-36(32)28-39)38-25-21-34(22-26-38)40-16-9-17-41-42-29-43-45(30-44(42)50-46(40)41)51-47(48-43)35-13-5-2-6-14-35/h1-30H. The van der Waals surface area contributed by atoms with Crippen molar-refractivity contribution in [2.45, 2.75) is 0 Å². The van der Waals surface area contributed by atoms with E-state index in [1.54, 1.807) is 0 Å². The number of fused-ring (bicyclic) bond motifs is 5. The summed E-state index contributed by atoms with van der Waals surface area (Å²) in [6, 6.07) is 63.6. The molecule has 51 heavy (non-hydrogen) atoms. The number of aromatic nitrogens is 1. The molecule has 0 aliphatic heterocycles. The summed E-state index contributed by atoms with van der Waals surface area (Å²) in [5, 5.41) is 4.49. The second-order valence-electron chi connectivity index (χ2n) is 12.8. The molecule has 4 heteroatoms. The molecule has 0 radical (unpaired) electrons. The largest absolute Gasteiger partial charge is 0.455 e. The van der Waals surface area contributed by atoms with Gasteiger partial charge >= 0.3 is 0 Å². The van der Waals surface area contributed by atoms with Crippen molar-refractivity contribution in [3.8, 4) is 33.7 Å². The van der Waals surface area contributed by atoms with Gasteiger partial charge in [-0.2, -0.15) is 0 Å². The second kappa shape index (κ2) is 11.9. The summed E-state index contributed by atoms with van der Waals surface area (Å²) in [5.41, 5.74) is 11.8. The van der Waals surface area contributed by atoms with Crippen molar-refractivity contribution in [3.05, 3.63) is 182 Å². The first-order valence-electron chi connectivity index (χ1n) is 17.1. The SMILES string of the molecule is c1ccc(-c2ccc(N(c3ccc(-c4cccc5c4oc4cc6oc(-c7ccccc7)nc6cc45)cc3)c3ccc4ccccc4c3)cc2)cc1. The Hall–Kier alpha value is -6.91. The fourth-order valence-electron chi connectivity index (χ4n) is 7.14. The molecule has 0 bridgehead atoms. The molecule has 0 unspecified atom stereocenters. The van der Waals surface area contributed by atoms with E-state index in [0.29, 0.717) is 11.5 Å². The van der Waals surface area contributed by atoms with Crippen LogP contribution in [0.5, 0.6) is 0 Å². The molecule has 0 saturated carbocycles. The maximum Gasteiger partial charge on any atom is 0.227 e. The van der Waals surface area contributed by atoms with Crippen LogP contribution in [0.2, 0.25) is 0 Å². The zero-order chi connectivity index (χ0) is 33.7. The van der Waals surface area contributed by atoms with E-state index in [-0.39, 0.29) is 0 Å². The summed E-state index contributed by atoms with van der Waals surface area (Å²) < 4.78 is 12.7. The topological polar surface area (TPSA) is 42.4 Å². The van der Waals surface area contributed by atoms with Crippen LogP contribution in [0.3, 0.4) is 0 Å². The first kappa shape index (κ1) is 29.0. The fraction of sp³-hybridized carbons (Fsp3) is 0. The number of rotatable bonds is 6. The van der Waals surface area contributed by atoms with Crippen molar-refractivity contribution >= 4 is 60.9 Å². The van der Waals surface area contributed by atoms with Gasteiger partial charge in [-0.05, 0) is 82.1 Å². The second-order valence-corrected chi connectivity index (χ2v) is 12.8. The Labute approximate surface area is 294 Å². The van der Waals surface area contributed by atoms with Gasteiger partial charge in [-0.3, -0.25) is 0 Å². The number of furan rings is 1. The lowest BCUT2D eigenvalue weighted by Crippen LogP contribution is -2.09. The number of nitrogens with zero attached hydrogens (tertiary/aromatic N) is 2. The van der Waals surface area contributed by atoms with E-state index < -0.39 is 0 Å². The van der Waals surface area contributed by atoms with E-state index in [4.69, 9.17) is 13.8 Å². The third kappa shape index (κ3) is 5.13. The Morgan fingerprint density at radius 1 is 0.392 bits per heavy atom. The lowest BCUT2D eigenvalue weighted by Gasteiger charge is -2.26. The minimum atomic E-state index is 0.605. The normalized spacial score (nSPS) is 11.5. The van der Waals surface area contributed by atoms with Crippen LogP contribution >= 0.6 is 0 Å². The zero-order valence-electron chi connectivity index (χ0n) is 27.5. The molecule has 0 aliphatic rings. The Morgan fingerprint density at radius 2 is 1.02 bits per heavy atom. The maximum atomic E-state index is 6.57. The van der Waals surface area contributed by atoms with Crippen LogP contribution in [0, 0.1) is 0 Å². The number of para-hydroxylation sites is 1. The summed E-state index contributed by atoms with van der Waals surface area (Å²) in [5.74, 6) is 0.605. The molecule has 240 valence electrons. The Kier molecular flexibility index (Phi) is 6.78. The van der Waals surface area contributed by atoms with Gasteiger partial charge in [-0.25, -0.2) is 4.98 Å². The van der Waals surface area contributed by atoms with Crippen LogP contribution in [-0.4, -0.2) is 4.98 Å². The van der Waals surface area contributed by atoms with Crippen molar-refractivity contribution < 1.29 is 8.83 Å². The van der Waals surface area contributed by atoms with Crippen molar-refractivity contribution in [1.82, 2.24) is 4.98 Å². The summed E-state index contributed by atoms with van der Waals surface area (Å²) in [6.07, 6.45) is 0. The van der Waals surface area contributed by atoms with E-state index in [1.165, 1.54) is 21.9 Å². The van der Waals surface area contributed by atoms with E-state index >= 15 is 0 Å². The molecular weight excluding hydrogens is 625 g/mol. The average molecular weight is 655 g/mol. The fourth-order valence-corrected chi connectivity index (χ4v) is 7.14. The van der Waals surface area contributed by atoms with Gasteiger partial charge in [-0.1, -0.05) is 121 Å². The molecule has 10 rings (SSSR count). The van der Waals surface area contributed by atoms with Gasteiger partial charge in [0.1, 0.15) is 16.7 Å². The highest BCUT2D eigenvalue weighted by molar-refractivity contribution is 6.12. The molecule has 10 aromatic rings. The van der Waals surface area contributed by atoms with Gasteiger partial charge in [0.15, 0.2) is 5.58 Å². The van der Waals surface area contributed by atoms with Crippen molar-refractivity contribution in [2.24, 2.45) is 0 Å². The van der Waals surface area contributed by atoms with Crippen molar-refractivity contribution in [3.63, 3.8) is 0 Å². The number of benzene rings is 8. The third-order valence-electron chi connectivity index (χ3n) is 9.69. The highest BCUT2D eigenvalue weighted by Gasteiger charge is 2.18. The van der Waals surface area contributed by atoms with E-state index in [1.807, 2.05) is 36.4 Å². The summed E-state index contributed by atoms with van der Waals surface area (Å²) in [6.45, 7) is 0. The first-order chi connectivity index (χ1) is 25.2. The molecule has 8 aromatic carbocycles. The molecule has 0 spiro atoms. The van der Waals surface area contributed by atoms with Gasteiger partial charge in [-0.15, -0.1) is 0 Å². The quantitative estimate of drug-likeness (QED) is 0.179. The predicted molar refractivity (Wildman–Crippen MR) is 210 cm³/mol. The van der Waals surface area contributed by atoms with Crippen LogP contribution < -0.4 is 4.90 Å². The molecule has 0 amide bonds. The minimum Gasteiger partial charge on any atom is -0.455 e. The maximum absolute atomic E-state index is 6.57. The highest BCUT2D eigenvalue weighted by atomic mass is 16.4. The molecule has 2 heterocycles. The molecule has 4 nitrogen and oxygen atoms in total. The Balaban J connectivity index is 1.04. The van der Waals surface area contributed by atoms with Gasteiger partial charge in [0.2, 0.25) is 5.89 Å². The average Bonchev–Trinajstić information content (AvgIpc) is 3.79. The smallest absolute Gasteiger partial charge is 0.227 e. The summed E-state index contributed by atoms with van der Waals surface area (Å²) in [4.78, 5) is 7.12. The number of hydrogen-bond donors (Lipinski definition) is 0. The summed E-state index contributed by atoms with van der Waals surface area (Å²) >= 11 is 0. The van der Waals surface area contributed by atoms with Crippen LogP contribution in [0.1, 0.15) is 0 Å². The molecule has 2 aromatic heterocycles. The van der Waals surface area contributed by atoms with Gasteiger partial charge in [0.05, 0.1) is 0 Å². The minimum absolute atomic E-state index is 0.605. The van der Waals surface area contributed by atoms with Gasteiger partial charge in [0, 0.05) is 45.0 Å². The molecule has 0 N–H and O–H groups in total. The van der Waals surface area contributed by atoms with Crippen molar-refractivity contribution in [2.75, 3.05) is 4.90 Å². The number of hydrogen-bond acceptors (Lipinski definition) is 4. The summed E-state index contributed by atoms with van der Waals surface area (Å²) in [7, 11) is 0. The zero-order valence-corrected chi connectivity index (χ0v) is 27.5. The predicted octanol–water partition coefficient (Wildman–Crippen LogP) is 13.4. The van der Waals surface area contributed by atoms with Crippen LogP contribution in [-0.2, 0) is 0 Å². The van der Waals surface area contributed by atoms with E-state index in [2.05, 4.69) is 150 Å². The Bertz CT molecular complexity index is 2840. The number of oxazole rings is 1. The van der Waals surface area contributed by atoms with E-state index in [9.17, 15) is 0 Å². The first-order valence-corrected chi connectivity index (χ1v) is 17.1. The lowest BCUT2D eigenvalue weighted by molar-refractivity contribution is 0.617. The van der Waals surface area contributed by atoms with Gasteiger partial charge < -0.3 is 13.7 Å². The van der Waals surface area contributed by atoms with E-state index in [0.717, 1.165) is 61.2 Å². The molecule has 0 saturated heterocycles. The van der Waals surface area contributed by atoms with Gasteiger partial charge in [0.25, 0.3) is 0 Å². The van der Waals surface area contributed by atoms with Crippen LogP contribution in [0.4, 0.5) is 17.1 Å². The molecular formula is C47H30N2O2. The third-order valence-corrected chi connectivity index (χ3v) is 9.69. The molecule has 0 atom stereocenters. The highest BCUT2D eigenvalue weighted by Crippen LogP contribution is 2.41. The van der Waals surface area contributed by atoms with Crippen molar-refractivity contribution in [1.29, 1.82) is 0 Å². The van der Waals surface area contributed by atoms with Crippen LogP contribution in [0.15, 0.2) is 191 Å². The molecule has 0 fully saturated rings. The number of anilines is 3. The monoisotopic (exact) mass is 654 g/mol.